The van der Waals surface area contributed by atoms with Gasteiger partial charge in [-0.15, -0.1) is 0 Å². The first-order chi connectivity index (χ1) is 8.68. The van der Waals surface area contributed by atoms with Gasteiger partial charge < -0.3 is 5.32 Å². The van der Waals surface area contributed by atoms with Crippen LogP contribution in [0, 0.1) is 11.3 Å². The van der Waals surface area contributed by atoms with Gasteiger partial charge in [-0.1, -0.05) is 26.7 Å². The summed E-state index contributed by atoms with van der Waals surface area (Å²) in [6.45, 7) is 8.60. The van der Waals surface area contributed by atoms with Crippen LogP contribution in [-0.2, 0) is 0 Å². The maximum Gasteiger partial charge on any atom is 0.0124 e. The Hall–Kier alpha value is -0.0800. The largest absolute Gasteiger partial charge is 0.319 e. The summed E-state index contributed by atoms with van der Waals surface area (Å²) in [5.41, 5.74) is 0.452. The van der Waals surface area contributed by atoms with Gasteiger partial charge in [-0.05, 0) is 57.0 Å². The molecule has 0 amide bonds. The van der Waals surface area contributed by atoms with Crippen LogP contribution in [0.2, 0.25) is 0 Å². The molecule has 3 atom stereocenters. The number of nitrogens with one attached hydrogen (secondary N) is 1. The van der Waals surface area contributed by atoms with Crippen molar-refractivity contribution in [1.82, 2.24) is 10.2 Å². The summed E-state index contributed by atoms with van der Waals surface area (Å²) in [5, 5.41) is 3.39. The topological polar surface area (TPSA) is 15.3 Å². The van der Waals surface area contributed by atoms with Gasteiger partial charge in [0.15, 0.2) is 0 Å². The molecule has 0 spiro atoms. The number of nitrogens with zero attached hydrogens (tertiary/aromatic N) is 1. The number of piperidine rings is 1. The lowest BCUT2D eigenvalue weighted by Crippen LogP contribution is -2.51. The maximum atomic E-state index is 3.39. The van der Waals surface area contributed by atoms with Crippen molar-refractivity contribution in [2.45, 2.75) is 64.8 Å². The van der Waals surface area contributed by atoms with E-state index in [9.17, 15) is 0 Å². The van der Waals surface area contributed by atoms with Gasteiger partial charge in [-0.3, -0.25) is 4.90 Å². The molecule has 0 aromatic heterocycles. The monoisotopic (exact) mass is 252 g/mol. The van der Waals surface area contributed by atoms with Crippen molar-refractivity contribution in [3.63, 3.8) is 0 Å². The van der Waals surface area contributed by atoms with E-state index in [1.807, 2.05) is 0 Å². The van der Waals surface area contributed by atoms with Crippen molar-refractivity contribution in [2.24, 2.45) is 11.3 Å². The van der Waals surface area contributed by atoms with E-state index in [0.29, 0.717) is 5.41 Å². The van der Waals surface area contributed by atoms with Crippen LogP contribution in [-0.4, -0.2) is 37.6 Å². The molecule has 18 heavy (non-hydrogen) atoms. The number of likely N-dealkylation sites (tertiary alicyclic amines) is 1. The smallest absolute Gasteiger partial charge is 0.0124 e. The van der Waals surface area contributed by atoms with Crippen molar-refractivity contribution in [3.05, 3.63) is 0 Å². The third kappa shape index (κ3) is 3.27. The lowest BCUT2D eigenvalue weighted by molar-refractivity contribution is 0.0270. The Bertz CT molecular complexity index is 251. The summed E-state index contributed by atoms with van der Waals surface area (Å²) in [5.74, 6) is 1.02. The van der Waals surface area contributed by atoms with Crippen LogP contribution in [0.25, 0.3) is 0 Å². The van der Waals surface area contributed by atoms with Crippen LogP contribution < -0.4 is 5.32 Å². The van der Waals surface area contributed by atoms with Crippen LogP contribution in [0.1, 0.15) is 58.8 Å². The summed E-state index contributed by atoms with van der Waals surface area (Å²) >= 11 is 0. The van der Waals surface area contributed by atoms with Crippen LogP contribution in [0.4, 0.5) is 0 Å². The minimum absolute atomic E-state index is 0.452. The van der Waals surface area contributed by atoms with E-state index in [-0.39, 0.29) is 0 Å². The molecule has 2 heteroatoms. The minimum atomic E-state index is 0.452. The van der Waals surface area contributed by atoms with Crippen molar-refractivity contribution >= 4 is 0 Å². The van der Waals surface area contributed by atoms with Gasteiger partial charge in [0.1, 0.15) is 0 Å². The first kappa shape index (κ1) is 14.3. The van der Waals surface area contributed by atoms with Crippen LogP contribution in [0.5, 0.6) is 0 Å². The molecule has 1 heterocycles. The SMILES string of the molecule is CCC(C)(CNC)CN1CCC[C@H]2CCCC[C@H]21. The van der Waals surface area contributed by atoms with Crippen LogP contribution in [0.15, 0.2) is 0 Å². The average Bonchev–Trinajstić information content (AvgIpc) is 2.39. The van der Waals surface area contributed by atoms with Crippen LogP contribution in [0.3, 0.4) is 0 Å². The molecule has 1 saturated carbocycles. The van der Waals surface area contributed by atoms with Crippen molar-refractivity contribution < 1.29 is 0 Å². The molecule has 1 saturated heterocycles. The molecule has 1 unspecified atom stereocenters. The van der Waals surface area contributed by atoms with Gasteiger partial charge in [-0.2, -0.15) is 0 Å². The molecular weight excluding hydrogens is 220 g/mol. The predicted octanol–water partition coefficient (Wildman–Crippen LogP) is 3.28. The molecule has 0 aromatic carbocycles. The Morgan fingerprint density at radius 3 is 2.61 bits per heavy atom. The van der Waals surface area contributed by atoms with Gasteiger partial charge in [0, 0.05) is 19.1 Å². The molecular formula is C16H32N2. The molecule has 1 aliphatic heterocycles. The molecule has 0 radical (unpaired) electrons. The van der Waals surface area contributed by atoms with E-state index in [4.69, 9.17) is 0 Å². The Balaban J connectivity index is 1.97. The number of hydrogen-bond donors (Lipinski definition) is 1. The summed E-state index contributed by atoms with van der Waals surface area (Å²) in [6, 6.07) is 0.912. The third-order valence-electron chi connectivity index (χ3n) is 5.40. The highest BCUT2D eigenvalue weighted by atomic mass is 15.2. The number of fused-ring (bicyclic) bond motifs is 1. The van der Waals surface area contributed by atoms with E-state index < -0.39 is 0 Å². The highest BCUT2D eigenvalue weighted by Gasteiger charge is 2.36. The maximum absolute atomic E-state index is 3.39. The number of hydrogen-bond acceptors (Lipinski definition) is 2. The highest BCUT2D eigenvalue weighted by Crippen LogP contribution is 2.37. The predicted molar refractivity (Wildman–Crippen MR) is 78.9 cm³/mol. The molecule has 106 valence electrons. The lowest BCUT2D eigenvalue weighted by Gasteiger charge is -2.47. The number of rotatable bonds is 5. The fourth-order valence-electron chi connectivity index (χ4n) is 4.13. The molecule has 2 nitrogen and oxygen atoms in total. The molecule has 1 aliphatic carbocycles. The van der Waals surface area contributed by atoms with Gasteiger partial charge in [0.25, 0.3) is 0 Å². The first-order valence-electron chi connectivity index (χ1n) is 8.07. The van der Waals surface area contributed by atoms with Gasteiger partial charge in [0.05, 0.1) is 0 Å². The Morgan fingerprint density at radius 2 is 1.89 bits per heavy atom. The zero-order valence-electron chi connectivity index (χ0n) is 12.7. The van der Waals surface area contributed by atoms with Crippen molar-refractivity contribution in [3.8, 4) is 0 Å². The Morgan fingerprint density at radius 1 is 1.17 bits per heavy atom. The minimum Gasteiger partial charge on any atom is -0.319 e. The molecule has 2 fully saturated rings. The second kappa shape index (κ2) is 6.38. The van der Waals surface area contributed by atoms with E-state index >= 15 is 0 Å². The van der Waals surface area contributed by atoms with E-state index in [2.05, 4.69) is 31.1 Å². The quantitative estimate of drug-likeness (QED) is 0.808. The first-order valence-corrected chi connectivity index (χ1v) is 8.07. The molecule has 2 rings (SSSR count). The van der Waals surface area contributed by atoms with Gasteiger partial charge >= 0.3 is 0 Å². The van der Waals surface area contributed by atoms with Crippen molar-refractivity contribution in [2.75, 3.05) is 26.7 Å². The lowest BCUT2D eigenvalue weighted by atomic mass is 9.76. The second-order valence-electron chi connectivity index (χ2n) is 6.92. The summed E-state index contributed by atoms with van der Waals surface area (Å²) < 4.78 is 0. The van der Waals surface area contributed by atoms with E-state index in [1.165, 1.54) is 58.0 Å². The average molecular weight is 252 g/mol. The Labute approximate surface area is 114 Å². The normalized spacial score (nSPS) is 32.8. The summed E-state index contributed by atoms with van der Waals surface area (Å²) in [6.07, 6.45) is 10.1. The van der Waals surface area contributed by atoms with E-state index in [1.54, 1.807) is 0 Å². The van der Waals surface area contributed by atoms with Gasteiger partial charge in [-0.25, -0.2) is 0 Å². The third-order valence-corrected chi connectivity index (χ3v) is 5.40. The fraction of sp³-hybridized carbons (Fsp3) is 1.00. The zero-order valence-corrected chi connectivity index (χ0v) is 12.7. The highest BCUT2D eigenvalue weighted by molar-refractivity contribution is 4.90. The summed E-state index contributed by atoms with van der Waals surface area (Å²) in [7, 11) is 2.09. The molecule has 2 aliphatic rings. The standard InChI is InChI=1S/C16H32N2/c1-4-16(2,12-17-3)13-18-11-7-9-14-8-5-6-10-15(14)18/h14-15,17H,4-13H2,1-3H3/t14-,15-,16?/m1/s1. The molecule has 0 bridgehead atoms. The second-order valence-corrected chi connectivity index (χ2v) is 6.92. The van der Waals surface area contributed by atoms with Crippen LogP contribution >= 0.6 is 0 Å². The van der Waals surface area contributed by atoms with Crippen molar-refractivity contribution in [1.29, 1.82) is 0 Å². The Kier molecular flexibility index (Phi) is 5.08. The molecule has 0 aromatic rings. The van der Waals surface area contributed by atoms with Gasteiger partial charge in [0.2, 0.25) is 0 Å². The fourth-order valence-corrected chi connectivity index (χ4v) is 4.13. The summed E-state index contributed by atoms with van der Waals surface area (Å²) in [4.78, 5) is 2.84. The molecule has 1 N–H and O–H groups in total. The zero-order chi connectivity index (χ0) is 13.0. The van der Waals surface area contributed by atoms with E-state index in [0.717, 1.165) is 18.5 Å².